The second kappa shape index (κ2) is 7.45. The summed E-state index contributed by atoms with van der Waals surface area (Å²) < 4.78 is 5.07. The molecule has 1 aromatic heterocycles. The lowest BCUT2D eigenvalue weighted by atomic mass is 10.0. The Balaban J connectivity index is 1.81. The highest BCUT2D eigenvalue weighted by Crippen LogP contribution is 2.37. The number of H-pyrrole nitrogens is 1. The molecule has 25 heavy (non-hydrogen) atoms. The number of halogens is 1. The normalized spacial score (nSPS) is 14.4. The van der Waals surface area contributed by atoms with Crippen molar-refractivity contribution in [1.82, 2.24) is 14.9 Å². The number of benzene rings is 1. The molecule has 0 atom stereocenters. The van der Waals surface area contributed by atoms with E-state index in [-0.39, 0.29) is 11.3 Å². The molecular formula is C18H22ClN3O3. The van der Waals surface area contributed by atoms with Crippen LogP contribution in [-0.4, -0.2) is 33.6 Å². The fraction of sp³-hybridized carbons (Fsp3) is 0.444. The smallest absolute Gasteiger partial charge is 0.254 e. The molecule has 0 bridgehead atoms. The summed E-state index contributed by atoms with van der Waals surface area (Å²) in [5, 5.41) is 10.4. The Morgan fingerprint density at radius 1 is 1.44 bits per heavy atom. The predicted molar refractivity (Wildman–Crippen MR) is 96.3 cm³/mol. The average molecular weight is 364 g/mol. The summed E-state index contributed by atoms with van der Waals surface area (Å²) >= 11 is 6.26. The molecule has 134 valence electrons. The summed E-state index contributed by atoms with van der Waals surface area (Å²) in [6.07, 6.45) is 2.36. The highest BCUT2D eigenvalue weighted by atomic mass is 35.5. The molecule has 0 radical (unpaired) electrons. The number of aromatic nitrogens is 2. The molecule has 2 aromatic rings. The summed E-state index contributed by atoms with van der Waals surface area (Å²) in [7, 11) is 1.49. The van der Waals surface area contributed by atoms with Crippen molar-refractivity contribution in [3.63, 3.8) is 0 Å². The van der Waals surface area contributed by atoms with Gasteiger partial charge in [-0.15, -0.1) is 0 Å². The Morgan fingerprint density at radius 3 is 2.96 bits per heavy atom. The molecule has 0 aliphatic carbocycles. The van der Waals surface area contributed by atoms with Gasteiger partial charge in [0.2, 0.25) is 0 Å². The number of phenolic OH excluding ortho intramolecular Hbond substituents is 1. The summed E-state index contributed by atoms with van der Waals surface area (Å²) in [4.78, 5) is 21.9. The minimum atomic E-state index is -0.0427. The van der Waals surface area contributed by atoms with Crippen LogP contribution in [0.15, 0.2) is 16.9 Å². The highest BCUT2D eigenvalue weighted by molar-refractivity contribution is 6.33. The topological polar surface area (TPSA) is 78.5 Å². The van der Waals surface area contributed by atoms with Crippen LogP contribution in [0.3, 0.4) is 0 Å². The molecule has 0 saturated heterocycles. The fourth-order valence-corrected chi connectivity index (χ4v) is 3.37. The number of aryl methyl sites for hydroxylation is 1. The first-order valence-corrected chi connectivity index (χ1v) is 8.78. The van der Waals surface area contributed by atoms with E-state index in [9.17, 15) is 9.90 Å². The molecule has 1 aliphatic rings. The third-order valence-corrected chi connectivity index (χ3v) is 4.88. The molecule has 0 unspecified atom stereocenters. The second-order valence-corrected chi connectivity index (χ2v) is 6.62. The van der Waals surface area contributed by atoms with Crippen molar-refractivity contribution in [2.75, 3.05) is 13.7 Å². The standard InChI is InChI=1S/C18H22ClN3O3/c1-3-4-15-20-13-10-22(8-7-12(13)18(24)21-15)9-11-5-6-14(25-2)17(23)16(11)19/h5-6,23H,3-4,7-10H2,1-2H3,(H,20,21,24). The van der Waals surface area contributed by atoms with Gasteiger partial charge in [-0.3, -0.25) is 9.69 Å². The second-order valence-electron chi connectivity index (χ2n) is 6.24. The number of aromatic amines is 1. The number of phenols is 1. The molecule has 0 fully saturated rings. The molecule has 1 aromatic carbocycles. The molecule has 0 amide bonds. The van der Waals surface area contributed by atoms with Crippen molar-refractivity contribution >= 4 is 11.6 Å². The van der Waals surface area contributed by atoms with Gasteiger partial charge < -0.3 is 14.8 Å². The van der Waals surface area contributed by atoms with Crippen molar-refractivity contribution in [3.8, 4) is 11.5 Å². The average Bonchev–Trinajstić information content (AvgIpc) is 2.59. The Bertz CT molecular complexity index is 835. The summed E-state index contributed by atoms with van der Waals surface area (Å²) in [6, 6.07) is 3.56. The number of aromatic hydroxyl groups is 1. The molecule has 3 rings (SSSR count). The van der Waals surface area contributed by atoms with Crippen molar-refractivity contribution < 1.29 is 9.84 Å². The highest BCUT2D eigenvalue weighted by Gasteiger charge is 2.22. The first kappa shape index (κ1) is 17.8. The van der Waals surface area contributed by atoms with Gasteiger partial charge >= 0.3 is 0 Å². The largest absolute Gasteiger partial charge is 0.503 e. The van der Waals surface area contributed by atoms with Crippen molar-refractivity contribution in [1.29, 1.82) is 0 Å². The SMILES string of the molecule is CCCc1nc2c(c(=O)[nH]1)CCN(Cc1ccc(OC)c(O)c1Cl)C2. The first-order chi connectivity index (χ1) is 12.0. The molecule has 0 saturated carbocycles. The van der Waals surface area contributed by atoms with Crippen LogP contribution in [0.4, 0.5) is 0 Å². The molecule has 0 spiro atoms. The number of fused-ring (bicyclic) bond motifs is 1. The Kier molecular flexibility index (Phi) is 5.30. The first-order valence-electron chi connectivity index (χ1n) is 8.41. The van der Waals surface area contributed by atoms with E-state index in [4.69, 9.17) is 16.3 Å². The number of hydrogen-bond donors (Lipinski definition) is 2. The monoisotopic (exact) mass is 363 g/mol. The summed E-state index contributed by atoms with van der Waals surface area (Å²) in [5.41, 5.74) is 2.42. The van der Waals surface area contributed by atoms with E-state index in [0.717, 1.165) is 42.0 Å². The third kappa shape index (κ3) is 3.65. The molecule has 1 aliphatic heterocycles. The van der Waals surface area contributed by atoms with E-state index in [1.165, 1.54) is 7.11 Å². The lowest BCUT2D eigenvalue weighted by molar-refractivity contribution is 0.239. The predicted octanol–water partition coefficient (Wildman–Crippen LogP) is 2.65. The van der Waals surface area contributed by atoms with E-state index in [1.807, 2.05) is 6.07 Å². The molecular weight excluding hydrogens is 342 g/mol. The Labute approximate surface area is 151 Å². The van der Waals surface area contributed by atoms with Crippen LogP contribution in [0.5, 0.6) is 11.5 Å². The minimum absolute atomic E-state index is 0.0202. The number of nitrogens with one attached hydrogen (secondary N) is 1. The Morgan fingerprint density at radius 2 is 2.24 bits per heavy atom. The summed E-state index contributed by atoms with van der Waals surface area (Å²) in [6.45, 7) is 3.98. The zero-order chi connectivity index (χ0) is 18.0. The van der Waals surface area contributed by atoms with E-state index in [2.05, 4.69) is 21.8 Å². The maximum atomic E-state index is 12.2. The number of ether oxygens (including phenoxy) is 1. The van der Waals surface area contributed by atoms with Gasteiger partial charge in [-0.1, -0.05) is 24.6 Å². The van der Waals surface area contributed by atoms with Crippen LogP contribution in [0, 0.1) is 0 Å². The number of rotatable bonds is 5. The van der Waals surface area contributed by atoms with E-state index >= 15 is 0 Å². The van der Waals surface area contributed by atoms with Gasteiger partial charge in [0.05, 0.1) is 17.8 Å². The zero-order valence-corrected chi connectivity index (χ0v) is 15.2. The van der Waals surface area contributed by atoms with Crippen LogP contribution in [0.1, 0.15) is 36.0 Å². The van der Waals surface area contributed by atoms with Gasteiger partial charge in [-0.05, 0) is 24.5 Å². The van der Waals surface area contributed by atoms with Crippen LogP contribution in [0.25, 0.3) is 0 Å². The van der Waals surface area contributed by atoms with Crippen LogP contribution >= 0.6 is 11.6 Å². The van der Waals surface area contributed by atoms with Gasteiger partial charge in [-0.2, -0.15) is 0 Å². The number of hydrogen-bond acceptors (Lipinski definition) is 5. The lowest BCUT2D eigenvalue weighted by Gasteiger charge is -2.28. The molecule has 7 heteroatoms. The fourth-order valence-electron chi connectivity index (χ4n) is 3.15. The molecule has 2 heterocycles. The molecule has 6 nitrogen and oxygen atoms in total. The van der Waals surface area contributed by atoms with Crippen molar-refractivity contribution in [3.05, 3.63) is 50.2 Å². The number of nitrogens with zero attached hydrogens (tertiary/aromatic N) is 2. The maximum absolute atomic E-state index is 12.2. The van der Waals surface area contributed by atoms with E-state index < -0.39 is 0 Å². The quantitative estimate of drug-likeness (QED) is 0.853. The van der Waals surface area contributed by atoms with Crippen LogP contribution in [0.2, 0.25) is 5.02 Å². The third-order valence-electron chi connectivity index (χ3n) is 4.46. The van der Waals surface area contributed by atoms with Gasteiger partial charge in [0.25, 0.3) is 5.56 Å². The van der Waals surface area contributed by atoms with Crippen LogP contribution in [-0.2, 0) is 25.9 Å². The zero-order valence-electron chi connectivity index (χ0n) is 14.4. The van der Waals surface area contributed by atoms with E-state index in [0.29, 0.717) is 30.3 Å². The van der Waals surface area contributed by atoms with Crippen LogP contribution < -0.4 is 10.3 Å². The summed E-state index contributed by atoms with van der Waals surface area (Å²) in [5.74, 6) is 1.06. The van der Waals surface area contributed by atoms with Crippen molar-refractivity contribution in [2.24, 2.45) is 0 Å². The van der Waals surface area contributed by atoms with Gasteiger partial charge in [0.1, 0.15) is 5.82 Å². The molecule has 2 N–H and O–H groups in total. The minimum Gasteiger partial charge on any atom is -0.503 e. The Hall–Kier alpha value is -2.05. The van der Waals surface area contributed by atoms with Crippen molar-refractivity contribution in [2.45, 2.75) is 39.3 Å². The lowest BCUT2D eigenvalue weighted by Crippen LogP contribution is -2.35. The van der Waals surface area contributed by atoms with Gasteiger partial charge in [0, 0.05) is 31.6 Å². The number of methoxy groups -OCH3 is 1. The van der Waals surface area contributed by atoms with Gasteiger partial charge in [0.15, 0.2) is 11.5 Å². The maximum Gasteiger partial charge on any atom is 0.254 e. The van der Waals surface area contributed by atoms with Gasteiger partial charge in [-0.25, -0.2) is 4.98 Å². The van der Waals surface area contributed by atoms with E-state index in [1.54, 1.807) is 6.07 Å².